The molecule has 0 aromatic heterocycles. The van der Waals surface area contributed by atoms with Gasteiger partial charge in [-0.1, -0.05) is 25.1 Å². The zero-order valence-electron chi connectivity index (χ0n) is 11.4. The van der Waals surface area contributed by atoms with Gasteiger partial charge in [0.05, 0.1) is 11.3 Å². The minimum absolute atomic E-state index is 0.0738. The molecule has 104 valence electrons. The van der Waals surface area contributed by atoms with Gasteiger partial charge in [-0.2, -0.15) is 0 Å². The zero-order valence-corrected chi connectivity index (χ0v) is 11.4. The Hall–Kier alpha value is -2.36. The van der Waals surface area contributed by atoms with E-state index in [1.54, 1.807) is 0 Å². The van der Waals surface area contributed by atoms with Crippen molar-refractivity contribution in [3.05, 3.63) is 58.9 Å². The van der Waals surface area contributed by atoms with Crippen molar-refractivity contribution in [3.63, 3.8) is 0 Å². The van der Waals surface area contributed by atoms with Gasteiger partial charge in [0.25, 0.3) is 0 Å². The summed E-state index contributed by atoms with van der Waals surface area (Å²) in [5.41, 5.74) is 3.30. The highest BCUT2D eigenvalue weighted by Crippen LogP contribution is 2.27. The van der Waals surface area contributed by atoms with E-state index in [4.69, 9.17) is 5.11 Å². The van der Waals surface area contributed by atoms with Crippen molar-refractivity contribution in [1.82, 2.24) is 0 Å². The first-order valence-electron chi connectivity index (χ1n) is 6.41. The fraction of sp³-hybridized carbons (Fsp3) is 0.188. The molecule has 0 saturated carbocycles. The van der Waals surface area contributed by atoms with Gasteiger partial charge in [-0.15, -0.1) is 0 Å². The Bertz CT molecular complexity index is 653. The number of carboxylic acid groups (broad SMARTS) is 1. The van der Waals surface area contributed by atoms with E-state index in [0.29, 0.717) is 5.69 Å². The summed E-state index contributed by atoms with van der Waals surface area (Å²) in [4.78, 5) is 11.2. The van der Waals surface area contributed by atoms with E-state index < -0.39 is 11.8 Å². The Morgan fingerprint density at radius 3 is 2.70 bits per heavy atom. The maximum absolute atomic E-state index is 13.2. The summed E-state index contributed by atoms with van der Waals surface area (Å²) in [7, 11) is 0. The van der Waals surface area contributed by atoms with Crippen LogP contribution < -0.4 is 5.32 Å². The van der Waals surface area contributed by atoms with E-state index in [9.17, 15) is 9.18 Å². The monoisotopic (exact) mass is 273 g/mol. The Labute approximate surface area is 117 Å². The van der Waals surface area contributed by atoms with Gasteiger partial charge in [0.15, 0.2) is 0 Å². The van der Waals surface area contributed by atoms with E-state index >= 15 is 0 Å². The first-order chi connectivity index (χ1) is 9.52. The van der Waals surface area contributed by atoms with Crippen LogP contribution in [0.25, 0.3) is 0 Å². The summed E-state index contributed by atoms with van der Waals surface area (Å²) < 4.78 is 13.2. The third kappa shape index (κ3) is 2.79. The molecule has 0 amide bonds. The summed E-state index contributed by atoms with van der Waals surface area (Å²) >= 11 is 0. The fourth-order valence-electron chi connectivity index (χ4n) is 2.14. The molecule has 0 aliphatic heterocycles. The van der Waals surface area contributed by atoms with Gasteiger partial charge in [-0.25, -0.2) is 9.18 Å². The van der Waals surface area contributed by atoms with Crippen molar-refractivity contribution in [2.45, 2.75) is 20.3 Å². The summed E-state index contributed by atoms with van der Waals surface area (Å²) in [6, 6.07) is 9.62. The number of benzene rings is 2. The van der Waals surface area contributed by atoms with Gasteiger partial charge in [-0.3, -0.25) is 0 Å². The van der Waals surface area contributed by atoms with E-state index in [1.807, 2.05) is 32.0 Å². The standard InChI is InChI=1S/C16H16FNO2/c1-3-11-6-4-5-10(2)15(11)18-14-8-7-12(17)9-13(14)16(19)20/h4-9,18H,3H2,1-2H3,(H,19,20). The highest BCUT2D eigenvalue weighted by atomic mass is 19.1. The number of carboxylic acids is 1. The van der Waals surface area contributed by atoms with Gasteiger partial charge in [0.1, 0.15) is 5.82 Å². The molecule has 0 atom stereocenters. The number of hydrogen-bond acceptors (Lipinski definition) is 2. The number of nitrogens with one attached hydrogen (secondary N) is 1. The Morgan fingerprint density at radius 1 is 1.30 bits per heavy atom. The third-order valence-electron chi connectivity index (χ3n) is 3.21. The molecule has 3 nitrogen and oxygen atoms in total. The molecule has 0 heterocycles. The number of anilines is 2. The predicted molar refractivity (Wildman–Crippen MR) is 77.2 cm³/mol. The third-order valence-corrected chi connectivity index (χ3v) is 3.21. The van der Waals surface area contributed by atoms with Crippen LogP contribution in [0.3, 0.4) is 0 Å². The number of carbonyl (C=O) groups is 1. The maximum atomic E-state index is 13.2. The van der Waals surface area contributed by atoms with Gasteiger partial charge in [0, 0.05) is 5.69 Å². The number of para-hydroxylation sites is 1. The molecule has 0 radical (unpaired) electrons. The Balaban J connectivity index is 2.48. The maximum Gasteiger partial charge on any atom is 0.337 e. The lowest BCUT2D eigenvalue weighted by atomic mass is 10.0. The van der Waals surface area contributed by atoms with Crippen LogP contribution in [0.2, 0.25) is 0 Å². The molecule has 2 aromatic carbocycles. The van der Waals surface area contributed by atoms with E-state index in [0.717, 1.165) is 29.3 Å². The molecular formula is C16H16FNO2. The largest absolute Gasteiger partial charge is 0.478 e. The van der Waals surface area contributed by atoms with Gasteiger partial charge in [0.2, 0.25) is 0 Å². The first-order valence-corrected chi connectivity index (χ1v) is 6.41. The number of halogens is 1. The second-order valence-electron chi connectivity index (χ2n) is 4.58. The van der Waals surface area contributed by atoms with E-state index in [-0.39, 0.29) is 5.56 Å². The van der Waals surface area contributed by atoms with Gasteiger partial charge >= 0.3 is 5.97 Å². The number of aromatic carboxylic acids is 1. The zero-order chi connectivity index (χ0) is 14.7. The minimum atomic E-state index is -1.15. The van der Waals surface area contributed by atoms with Crippen LogP contribution in [-0.4, -0.2) is 11.1 Å². The van der Waals surface area contributed by atoms with Crippen LogP contribution in [0, 0.1) is 12.7 Å². The molecule has 0 spiro atoms. The van der Waals surface area contributed by atoms with Crippen molar-refractivity contribution < 1.29 is 14.3 Å². The summed E-state index contributed by atoms with van der Waals surface area (Å²) in [6.45, 7) is 3.98. The van der Waals surface area contributed by atoms with Crippen molar-refractivity contribution in [3.8, 4) is 0 Å². The molecule has 2 aromatic rings. The molecule has 2 rings (SSSR count). The van der Waals surface area contributed by atoms with Crippen LogP contribution in [-0.2, 0) is 6.42 Å². The molecule has 20 heavy (non-hydrogen) atoms. The van der Waals surface area contributed by atoms with Crippen molar-refractivity contribution in [1.29, 1.82) is 0 Å². The number of hydrogen-bond donors (Lipinski definition) is 2. The number of aryl methyl sites for hydroxylation is 2. The van der Waals surface area contributed by atoms with Gasteiger partial charge < -0.3 is 10.4 Å². The second-order valence-corrected chi connectivity index (χ2v) is 4.58. The lowest BCUT2D eigenvalue weighted by Gasteiger charge is -2.15. The topological polar surface area (TPSA) is 49.3 Å². The van der Waals surface area contributed by atoms with E-state index in [1.165, 1.54) is 12.1 Å². The summed E-state index contributed by atoms with van der Waals surface area (Å²) in [5.74, 6) is -1.72. The smallest absolute Gasteiger partial charge is 0.337 e. The lowest BCUT2D eigenvalue weighted by Crippen LogP contribution is -2.05. The average Bonchev–Trinajstić information content (AvgIpc) is 2.42. The molecule has 0 fully saturated rings. The lowest BCUT2D eigenvalue weighted by molar-refractivity contribution is 0.0697. The number of rotatable bonds is 4. The molecule has 0 aliphatic carbocycles. The summed E-state index contributed by atoms with van der Waals surface area (Å²) in [5, 5.41) is 12.3. The van der Waals surface area contributed by atoms with E-state index in [2.05, 4.69) is 5.32 Å². The minimum Gasteiger partial charge on any atom is -0.478 e. The molecule has 2 N–H and O–H groups in total. The van der Waals surface area contributed by atoms with Crippen molar-refractivity contribution >= 4 is 17.3 Å². The van der Waals surface area contributed by atoms with Gasteiger partial charge in [-0.05, 0) is 42.7 Å². The van der Waals surface area contributed by atoms with Crippen LogP contribution in [0.1, 0.15) is 28.4 Å². The summed E-state index contributed by atoms with van der Waals surface area (Å²) in [6.07, 6.45) is 0.827. The van der Waals surface area contributed by atoms with Crippen LogP contribution >= 0.6 is 0 Å². The first kappa shape index (κ1) is 14.1. The van der Waals surface area contributed by atoms with Crippen molar-refractivity contribution in [2.24, 2.45) is 0 Å². The molecule has 0 saturated heterocycles. The molecule has 4 heteroatoms. The SMILES string of the molecule is CCc1cccc(C)c1Nc1ccc(F)cc1C(=O)O. The highest BCUT2D eigenvalue weighted by Gasteiger charge is 2.13. The average molecular weight is 273 g/mol. The van der Waals surface area contributed by atoms with Crippen LogP contribution in [0.4, 0.5) is 15.8 Å². The van der Waals surface area contributed by atoms with Crippen LogP contribution in [0.15, 0.2) is 36.4 Å². The van der Waals surface area contributed by atoms with Crippen molar-refractivity contribution in [2.75, 3.05) is 5.32 Å². The Kier molecular flexibility index (Phi) is 4.03. The molecule has 0 bridgehead atoms. The molecule has 0 aliphatic rings. The Morgan fingerprint density at radius 2 is 2.05 bits per heavy atom. The fourth-order valence-corrected chi connectivity index (χ4v) is 2.14. The predicted octanol–water partition coefficient (Wildman–Crippen LogP) is 4.14. The highest BCUT2D eigenvalue weighted by molar-refractivity contribution is 5.95. The molecule has 0 unspecified atom stereocenters. The normalized spacial score (nSPS) is 10.3. The quantitative estimate of drug-likeness (QED) is 0.880. The second kappa shape index (κ2) is 5.74. The molecular weight excluding hydrogens is 257 g/mol. The van der Waals surface area contributed by atoms with Crippen LogP contribution in [0.5, 0.6) is 0 Å².